The Kier molecular flexibility index (Phi) is 4.83. The van der Waals surface area contributed by atoms with E-state index in [0.717, 1.165) is 19.5 Å². The molecule has 0 aromatic heterocycles. The number of nitrogens with two attached hydrogens (primary N) is 1. The molecule has 2 rings (SSSR count). The van der Waals surface area contributed by atoms with Gasteiger partial charge >= 0.3 is 0 Å². The van der Waals surface area contributed by atoms with Crippen LogP contribution < -0.4 is 10.6 Å². The molecule has 1 aromatic rings. The monoisotopic (exact) mass is 261 g/mol. The molecule has 1 aliphatic rings. The summed E-state index contributed by atoms with van der Waals surface area (Å²) in [4.78, 5) is 4.86. The predicted molar refractivity (Wildman–Crippen MR) is 82.9 cm³/mol. The molecular weight excluding hydrogens is 234 g/mol. The lowest BCUT2D eigenvalue weighted by Gasteiger charge is -2.27. The van der Waals surface area contributed by atoms with E-state index in [-0.39, 0.29) is 0 Å². The van der Waals surface area contributed by atoms with Crippen molar-refractivity contribution in [3.63, 3.8) is 0 Å². The van der Waals surface area contributed by atoms with Crippen molar-refractivity contribution in [3.8, 4) is 0 Å². The van der Waals surface area contributed by atoms with Crippen molar-refractivity contribution < 1.29 is 0 Å². The molecule has 1 aromatic carbocycles. The quantitative estimate of drug-likeness (QED) is 0.880. The summed E-state index contributed by atoms with van der Waals surface area (Å²) < 4.78 is 0. The lowest BCUT2D eigenvalue weighted by atomic mass is 10.0. The van der Waals surface area contributed by atoms with Gasteiger partial charge in [0.25, 0.3) is 0 Å². The van der Waals surface area contributed by atoms with E-state index in [2.05, 4.69) is 49.0 Å². The number of rotatable bonds is 5. The molecule has 1 unspecified atom stereocenters. The van der Waals surface area contributed by atoms with Crippen molar-refractivity contribution in [2.75, 3.05) is 38.6 Å². The maximum Gasteiger partial charge on any atom is 0.0366 e. The third-order valence-electron chi connectivity index (χ3n) is 4.34. The van der Waals surface area contributed by atoms with Crippen molar-refractivity contribution in [1.29, 1.82) is 0 Å². The Labute approximate surface area is 117 Å². The summed E-state index contributed by atoms with van der Waals surface area (Å²) >= 11 is 0. The van der Waals surface area contributed by atoms with Crippen LogP contribution in [0.25, 0.3) is 0 Å². The van der Waals surface area contributed by atoms with Gasteiger partial charge in [-0.05, 0) is 69.6 Å². The van der Waals surface area contributed by atoms with Gasteiger partial charge in [0.05, 0.1) is 0 Å². The first-order valence-corrected chi connectivity index (χ1v) is 7.33. The maximum atomic E-state index is 5.64. The van der Waals surface area contributed by atoms with Gasteiger partial charge in [-0.25, -0.2) is 0 Å². The van der Waals surface area contributed by atoms with Gasteiger partial charge in [-0.1, -0.05) is 6.07 Å². The molecule has 1 heterocycles. The van der Waals surface area contributed by atoms with Crippen LogP contribution in [0, 0.1) is 6.92 Å². The average Bonchev–Trinajstić information content (AvgIpc) is 2.78. The van der Waals surface area contributed by atoms with Crippen LogP contribution >= 0.6 is 0 Å². The van der Waals surface area contributed by atoms with Crippen LogP contribution in [0.3, 0.4) is 0 Å². The molecule has 0 amide bonds. The summed E-state index contributed by atoms with van der Waals surface area (Å²) in [5, 5.41) is 0. The molecule has 3 nitrogen and oxygen atoms in total. The normalized spacial score (nSPS) is 19.9. The summed E-state index contributed by atoms with van der Waals surface area (Å²) in [6.45, 7) is 5.27. The zero-order chi connectivity index (χ0) is 13.8. The minimum Gasteiger partial charge on any atom is -0.373 e. The molecule has 0 aliphatic carbocycles. The van der Waals surface area contributed by atoms with Gasteiger partial charge in [0, 0.05) is 25.3 Å². The van der Waals surface area contributed by atoms with Gasteiger partial charge in [-0.3, -0.25) is 0 Å². The highest BCUT2D eigenvalue weighted by Gasteiger charge is 2.22. The Morgan fingerprint density at radius 3 is 2.79 bits per heavy atom. The van der Waals surface area contributed by atoms with Crippen LogP contribution in [0.5, 0.6) is 0 Å². The molecule has 1 aliphatic heterocycles. The van der Waals surface area contributed by atoms with E-state index in [1.807, 2.05) is 0 Å². The van der Waals surface area contributed by atoms with Crippen LogP contribution in [0.1, 0.15) is 24.0 Å². The Hall–Kier alpha value is -1.06. The summed E-state index contributed by atoms with van der Waals surface area (Å²) in [6, 6.07) is 7.45. The van der Waals surface area contributed by atoms with E-state index in [1.165, 1.54) is 36.2 Å². The number of anilines is 1. The fourth-order valence-corrected chi connectivity index (χ4v) is 2.98. The SMILES string of the molecule is Cc1cc(N(C)CC2CCCN2C)ccc1CCN. The van der Waals surface area contributed by atoms with Crippen molar-refractivity contribution in [1.82, 2.24) is 4.90 Å². The molecule has 106 valence electrons. The van der Waals surface area contributed by atoms with Crippen molar-refractivity contribution in [3.05, 3.63) is 29.3 Å². The zero-order valence-corrected chi connectivity index (χ0v) is 12.5. The first-order chi connectivity index (χ1) is 9.11. The van der Waals surface area contributed by atoms with Gasteiger partial charge in [0.2, 0.25) is 0 Å². The van der Waals surface area contributed by atoms with E-state index >= 15 is 0 Å². The van der Waals surface area contributed by atoms with Gasteiger partial charge in [0.1, 0.15) is 0 Å². The van der Waals surface area contributed by atoms with Crippen LogP contribution in [0.15, 0.2) is 18.2 Å². The number of likely N-dealkylation sites (N-methyl/N-ethyl adjacent to an activating group) is 2. The molecule has 0 radical (unpaired) electrons. The first-order valence-electron chi connectivity index (χ1n) is 7.33. The van der Waals surface area contributed by atoms with E-state index in [9.17, 15) is 0 Å². The van der Waals surface area contributed by atoms with Gasteiger partial charge in [0.15, 0.2) is 0 Å². The summed E-state index contributed by atoms with van der Waals surface area (Å²) in [5.74, 6) is 0. The van der Waals surface area contributed by atoms with Crippen LogP contribution in [0.4, 0.5) is 5.69 Å². The van der Waals surface area contributed by atoms with E-state index < -0.39 is 0 Å². The second-order valence-electron chi connectivity index (χ2n) is 5.81. The summed E-state index contributed by atoms with van der Waals surface area (Å²) in [6.07, 6.45) is 3.63. The van der Waals surface area contributed by atoms with Gasteiger partial charge < -0.3 is 15.5 Å². The van der Waals surface area contributed by atoms with Gasteiger partial charge in [-0.15, -0.1) is 0 Å². The van der Waals surface area contributed by atoms with Crippen LogP contribution in [-0.2, 0) is 6.42 Å². The second-order valence-corrected chi connectivity index (χ2v) is 5.81. The lowest BCUT2D eigenvalue weighted by molar-refractivity contribution is 0.314. The topological polar surface area (TPSA) is 32.5 Å². The third-order valence-corrected chi connectivity index (χ3v) is 4.34. The average molecular weight is 261 g/mol. The summed E-state index contributed by atoms with van der Waals surface area (Å²) in [5.41, 5.74) is 9.68. The Bertz CT molecular complexity index is 416. The van der Waals surface area contributed by atoms with Crippen LogP contribution in [0.2, 0.25) is 0 Å². The van der Waals surface area contributed by atoms with Crippen molar-refractivity contribution in [2.24, 2.45) is 5.73 Å². The predicted octanol–water partition coefficient (Wildman–Crippen LogP) is 2.03. The third kappa shape index (κ3) is 3.48. The fraction of sp³-hybridized carbons (Fsp3) is 0.625. The van der Waals surface area contributed by atoms with Crippen molar-refractivity contribution in [2.45, 2.75) is 32.2 Å². The number of hydrogen-bond acceptors (Lipinski definition) is 3. The fourth-order valence-electron chi connectivity index (χ4n) is 2.98. The zero-order valence-electron chi connectivity index (χ0n) is 12.5. The standard InChI is InChI=1S/C16H27N3/c1-13-11-15(7-6-14(13)8-9-17)19(3)12-16-5-4-10-18(16)2/h6-7,11,16H,4-5,8-10,12,17H2,1-3H3. The van der Waals surface area contributed by atoms with Crippen LogP contribution in [-0.4, -0.2) is 44.7 Å². The lowest BCUT2D eigenvalue weighted by Crippen LogP contribution is -2.36. The highest BCUT2D eigenvalue weighted by molar-refractivity contribution is 5.50. The molecule has 0 saturated carbocycles. The molecule has 1 atom stereocenters. The van der Waals surface area contributed by atoms with E-state index in [1.54, 1.807) is 0 Å². The molecular formula is C16H27N3. The number of likely N-dealkylation sites (tertiary alicyclic amines) is 1. The molecule has 0 bridgehead atoms. The van der Waals surface area contributed by atoms with E-state index in [4.69, 9.17) is 5.73 Å². The minimum absolute atomic E-state index is 0.703. The Balaban J connectivity index is 2.02. The molecule has 1 saturated heterocycles. The Morgan fingerprint density at radius 1 is 1.42 bits per heavy atom. The number of benzene rings is 1. The molecule has 1 fully saturated rings. The first kappa shape index (κ1) is 14.4. The smallest absolute Gasteiger partial charge is 0.0366 e. The summed E-state index contributed by atoms with van der Waals surface area (Å²) in [7, 11) is 4.44. The Morgan fingerprint density at radius 2 is 2.21 bits per heavy atom. The largest absolute Gasteiger partial charge is 0.373 e. The maximum absolute atomic E-state index is 5.64. The number of aryl methyl sites for hydroxylation is 1. The molecule has 3 heteroatoms. The highest BCUT2D eigenvalue weighted by atomic mass is 15.2. The molecule has 2 N–H and O–H groups in total. The van der Waals surface area contributed by atoms with Gasteiger partial charge in [-0.2, -0.15) is 0 Å². The van der Waals surface area contributed by atoms with E-state index in [0.29, 0.717) is 6.04 Å². The second kappa shape index (κ2) is 6.40. The number of hydrogen-bond donors (Lipinski definition) is 1. The minimum atomic E-state index is 0.703. The highest BCUT2D eigenvalue weighted by Crippen LogP contribution is 2.22. The number of nitrogens with zero attached hydrogens (tertiary/aromatic N) is 2. The van der Waals surface area contributed by atoms with Crippen molar-refractivity contribution >= 4 is 5.69 Å². The molecule has 19 heavy (non-hydrogen) atoms. The molecule has 0 spiro atoms.